The predicted octanol–water partition coefficient (Wildman–Crippen LogP) is 2.17. The summed E-state index contributed by atoms with van der Waals surface area (Å²) in [6.45, 7) is 3.98. The maximum Gasteiger partial charge on any atom is 0.0320 e. The van der Waals surface area contributed by atoms with Gasteiger partial charge in [0.1, 0.15) is 0 Å². The summed E-state index contributed by atoms with van der Waals surface area (Å²) in [4.78, 5) is 2.81. The Hall–Kier alpha value is -0.340. The first kappa shape index (κ1) is 10.6. The molecular formula is C15H24N2. The van der Waals surface area contributed by atoms with Crippen LogP contribution in [0.1, 0.15) is 38.5 Å². The Balaban J connectivity index is 1.64. The highest BCUT2D eigenvalue weighted by Gasteiger charge is 2.43. The Morgan fingerprint density at radius 1 is 1.24 bits per heavy atom. The summed E-state index contributed by atoms with van der Waals surface area (Å²) >= 11 is 0. The van der Waals surface area contributed by atoms with Crippen molar-refractivity contribution >= 4 is 0 Å². The van der Waals surface area contributed by atoms with Crippen molar-refractivity contribution in [1.82, 2.24) is 10.2 Å². The summed E-state index contributed by atoms with van der Waals surface area (Å²) in [6, 6.07) is 1.64. The zero-order valence-corrected chi connectivity index (χ0v) is 10.7. The molecule has 0 radical (unpaired) electrons. The molecule has 0 aromatic heterocycles. The molecule has 1 N–H and O–H groups in total. The summed E-state index contributed by atoms with van der Waals surface area (Å²) in [5.74, 6) is 1.80. The van der Waals surface area contributed by atoms with Crippen molar-refractivity contribution in [3.05, 3.63) is 11.6 Å². The van der Waals surface area contributed by atoms with Gasteiger partial charge >= 0.3 is 0 Å². The molecule has 0 aromatic carbocycles. The molecule has 4 rings (SSSR count). The van der Waals surface area contributed by atoms with E-state index in [9.17, 15) is 0 Å². The largest absolute Gasteiger partial charge is 0.310 e. The van der Waals surface area contributed by atoms with E-state index in [0.29, 0.717) is 0 Å². The number of piperidine rings is 3. The quantitative estimate of drug-likeness (QED) is 0.644. The Bertz CT molecular complexity index is 336. The number of nitrogens with one attached hydrogen (secondary N) is 1. The molecule has 0 unspecified atom stereocenters. The molecule has 3 aliphatic heterocycles. The van der Waals surface area contributed by atoms with Gasteiger partial charge in [-0.15, -0.1) is 0 Å². The highest BCUT2D eigenvalue weighted by Crippen LogP contribution is 2.42. The summed E-state index contributed by atoms with van der Waals surface area (Å²) < 4.78 is 0. The third-order valence-electron chi connectivity index (χ3n) is 5.51. The van der Waals surface area contributed by atoms with E-state index >= 15 is 0 Å². The minimum Gasteiger partial charge on any atom is -0.310 e. The number of nitrogens with zero attached hydrogens (tertiary/aromatic N) is 1. The second-order valence-electron chi connectivity index (χ2n) is 6.49. The Kier molecular flexibility index (Phi) is 2.55. The van der Waals surface area contributed by atoms with E-state index in [1.165, 1.54) is 58.2 Å². The molecule has 2 bridgehead atoms. The standard InChI is InChI=1S/C15H24N2/c1-2-7-17-10-13-9-12(14(17)5-1)8-11-4-3-6-16-15(11)13/h8,12-16H,1-7,9-10H2/t12-,13-,14-,15-/m1/s1. The van der Waals surface area contributed by atoms with Crippen LogP contribution < -0.4 is 5.32 Å². The second kappa shape index (κ2) is 4.10. The van der Waals surface area contributed by atoms with Crippen LogP contribution in [0.5, 0.6) is 0 Å². The topological polar surface area (TPSA) is 15.3 Å². The van der Waals surface area contributed by atoms with E-state index in [4.69, 9.17) is 0 Å². The molecule has 2 heteroatoms. The lowest BCUT2D eigenvalue weighted by Gasteiger charge is -2.52. The van der Waals surface area contributed by atoms with Crippen LogP contribution in [0.15, 0.2) is 11.6 Å². The lowest BCUT2D eigenvalue weighted by atomic mass is 9.68. The summed E-state index contributed by atoms with van der Waals surface area (Å²) in [6.07, 6.45) is 11.2. The molecule has 3 saturated heterocycles. The molecule has 0 amide bonds. The molecule has 4 aliphatic rings. The van der Waals surface area contributed by atoms with Gasteiger partial charge in [0, 0.05) is 18.6 Å². The monoisotopic (exact) mass is 232 g/mol. The first-order chi connectivity index (χ1) is 8.42. The predicted molar refractivity (Wildman–Crippen MR) is 69.9 cm³/mol. The second-order valence-corrected chi connectivity index (χ2v) is 6.49. The maximum atomic E-state index is 3.78. The Labute approximate surface area is 104 Å². The van der Waals surface area contributed by atoms with E-state index in [1.54, 1.807) is 5.57 Å². The third-order valence-corrected chi connectivity index (χ3v) is 5.51. The SMILES string of the molecule is C1=C2CCCN[C@H]2[C@@H]2C[C@@H]1[C@H]1CCCCN1C2. The molecule has 17 heavy (non-hydrogen) atoms. The highest BCUT2D eigenvalue weighted by molar-refractivity contribution is 5.23. The van der Waals surface area contributed by atoms with Gasteiger partial charge in [0.25, 0.3) is 0 Å². The molecule has 94 valence electrons. The molecule has 0 saturated carbocycles. The molecule has 1 aliphatic carbocycles. The van der Waals surface area contributed by atoms with E-state index in [-0.39, 0.29) is 0 Å². The Morgan fingerprint density at radius 3 is 3.24 bits per heavy atom. The smallest absolute Gasteiger partial charge is 0.0320 e. The van der Waals surface area contributed by atoms with Crippen molar-refractivity contribution in [3.8, 4) is 0 Å². The minimum absolute atomic E-state index is 0.739. The highest BCUT2D eigenvalue weighted by atomic mass is 15.2. The fraction of sp³-hybridized carbons (Fsp3) is 0.867. The van der Waals surface area contributed by atoms with Crippen LogP contribution in [0.3, 0.4) is 0 Å². The van der Waals surface area contributed by atoms with Gasteiger partial charge in [-0.05, 0) is 57.0 Å². The third kappa shape index (κ3) is 1.68. The summed E-state index contributed by atoms with van der Waals surface area (Å²) in [5.41, 5.74) is 1.77. The maximum absolute atomic E-state index is 3.78. The number of fused-ring (bicyclic) bond motifs is 6. The number of hydrogen-bond acceptors (Lipinski definition) is 2. The van der Waals surface area contributed by atoms with Crippen molar-refractivity contribution in [3.63, 3.8) is 0 Å². The average molecular weight is 232 g/mol. The zero-order valence-electron chi connectivity index (χ0n) is 10.7. The molecule has 3 heterocycles. The average Bonchev–Trinajstić information content (AvgIpc) is 2.39. The van der Waals surface area contributed by atoms with E-state index < -0.39 is 0 Å². The van der Waals surface area contributed by atoms with Crippen LogP contribution in [0, 0.1) is 11.8 Å². The fourth-order valence-electron chi connectivity index (χ4n) is 4.80. The van der Waals surface area contributed by atoms with Gasteiger partial charge in [0.05, 0.1) is 0 Å². The van der Waals surface area contributed by atoms with Crippen molar-refractivity contribution in [2.75, 3.05) is 19.6 Å². The molecule has 3 fully saturated rings. The van der Waals surface area contributed by atoms with Crippen molar-refractivity contribution in [1.29, 1.82) is 0 Å². The Morgan fingerprint density at radius 2 is 2.24 bits per heavy atom. The first-order valence-electron chi connectivity index (χ1n) is 7.60. The summed E-state index contributed by atoms with van der Waals surface area (Å²) in [5, 5.41) is 3.78. The van der Waals surface area contributed by atoms with Gasteiger partial charge in [-0.1, -0.05) is 18.1 Å². The van der Waals surface area contributed by atoms with Crippen LogP contribution in [0.25, 0.3) is 0 Å². The van der Waals surface area contributed by atoms with Gasteiger partial charge in [-0.2, -0.15) is 0 Å². The normalized spacial score (nSPS) is 45.8. The molecule has 0 aromatic rings. The van der Waals surface area contributed by atoms with Crippen LogP contribution >= 0.6 is 0 Å². The van der Waals surface area contributed by atoms with Gasteiger partial charge < -0.3 is 5.32 Å². The van der Waals surface area contributed by atoms with E-state index in [1.807, 2.05) is 0 Å². The molecule has 0 spiro atoms. The van der Waals surface area contributed by atoms with E-state index in [2.05, 4.69) is 16.3 Å². The van der Waals surface area contributed by atoms with Gasteiger partial charge in [0.2, 0.25) is 0 Å². The lowest BCUT2D eigenvalue weighted by molar-refractivity contribution is 0.0271. The van der Waals surface area contributed by atoms with Gasteiger partial charge in [-0.25, -0.2) is 0 Å². The summed E-state index contributed by atoms with van der Waals surface area (Å²) in [7, 11) is 0. The van der Waals surface area contributed by atoms with Crippen LogP contribution in [-0.2, 0) is 0 Å². The number of hydrogen-bond donors (Lipinski definition) is 1. The van der Waals surface area contributed by atoms with Crippen LogP contribution in [0.2, 0.25) is 0 Å². The fourth-order valence-corrected chi connectivity index (χ4v) is 4.80. The van der Waals surface area contributed by atoms with Gasteiger partial charge in [-0.3, -0.25) is 4.90 Å². The van der Waals surface area contributed by atoms with Crippen molar-refractivity contribution in [2.24, 2.45) is 11.8 Å². The zero-order chi connectivity index (χ0) is 11.2. The lowest BCUT2D eigenvalue weighted by Crippen LogP contribution is -2.58. The first-order valence-corrected chi connectivity index (χ1v) is 7.60. The van der Waals surface area contributed by atoms with Crippen LogP contribution in [0.4, 0.5) is 0 Å². The van der Waals surface area contributed by atoms with Crippen LogP contribution in [-0.4, -0.2) is 36.6 Å². The van der Waals surface area contributed by atoms with Gasteiger partial charge in [0.15, 0.2) is 0 Å². The number of rotatable bonds is 0. The molecular weight excluding hydrogens is 208 g/mol. The van der Waals surface area contributed by atoms with Crippen molar-refractivity contribution in [2.45, 2.75) is 50.6 Å². The van der Waals surface area contributed by atoms with E-state index in [0.717, 1.165) is 23.9 Å². The van der Waals surface area contributed by atoms with Crippen molar-refractivity contribution < 1.29 is 0 Å². The molecule has 4 atom stereocenters. The molecule has 2 nitrogen and oxygen atoms in total. The minimum atomic E-state index is 0.739.